The molecule has 0 heterocycles. The van der Waals surface area contributed by atoms with E-state index < -0.39 is 29.6 Å². The average Bonchev–Trinajstić information content (AvgIpc) is 2.97. The highest BCUT2D eigenvalue weighted by atomic mass is 19.4. The fourth-order valence-electron chi connectivity index (χ4n) is 1.26. The van der Waals surface area contributed by atoms with E-state index in [4.69, 9.17) is 5.73 Å². The highest BCUT2D eigenvalue weighted by molar-refractivity contribution is 6.02. The number of halogens is 3. The number of amides is 1. The van der Waals surface area contributed by atoms with Gasteiger partial charge in [-0.3, -0.25) is 4.79 Å². The van der Waals surface area contributed by atoms with Crippen molar-refractivity contribution in [3.05, 3.63) is 0 Å². The van der Waals surface area contributed by atoms with Crippen molar-refractivity contribution in [2.75, 3.05) is 6.61 Å². The molecule has 1 amide bonds. The van der Waals surface area contributed by atoms with E-state index in [1.54, 1.807) is 5.32 Å². The Morgan fingerprint density at radius 1 is 1.47 bits per heavy atom. The van der Waals surface area contributed by atoms with Gasteiger partial charge < -0.3 is 15.8 Å². The van der Waals surface area contributed by atoms with Gasteiger partial charge in [0, 0.05) is 0 Å². The molecule has 0 bridgehead atoms. The highest BCUT2D eigenvalue weighted by Crippen LogP contribution is 2.48. The van der Waals surface area contributed by atoms with Gasteiger partial charge >= 0.3 is 12.1 Å². The third kappa shape index (κ3) is 2.87. The van der Waals surface area contributed by atoms with E-state index in [-0.39, 0.29) is 19.4 Å². The van der Waals surface area contributed by atoms with Gasteiger partial charge in [-0.15, -0.1) is 0 Å². The number of carbonyl (C=O) groups excluding carboxylic acids is 2. The van der Waals surface area contributed by atoms with Crippen molar-refractivity contribution in [1.29, 1.82) is 0 Å². The summed E-state index contributed by atoms with van der Waals surface area (Å²) in [6, 6.07) is -1.73. The predicted octanol–water partition coefficient (Wildman–Crippen LogP) is 0.0879. The Labute approximate surface area is 95.5 Å². The van der Waals surface area contributed by atoms with Crippen molar-refractivity contribution in [1.82, 2.24) is 5.32 Å². The topological polar surface area (TPSA) is 81.4 Å². The summed E-state index contributed by atoms with van der Waals surface area (Å²) in [7, 11) is 0. The summed E-state index contributed by atoms with van der Waals surface area (Å²) in [4.78, 5) is 22.4. The Morgan fingerprint density at radius 2 is 2.00 bits per heavy atom. The first-order chi connectivity index (χ1) is 7.73. The number of nitrogens with one attached hydrogen (secondary N) is 1. The van der Waals surface area contributed by atoms with Crippen LogP contribution in [0, 0.1) is 0 Å². The van der Waals surface area contributed by atoms with Gasteiger partial charge in [0.05, 0.1) is 6.61 Å². The molecule has 0 spiro atoms. The maximum atomic E-state index is 12.5. The second-order valence-corrected chi connectivity index (χ2v) is 3.80. The zero-order valence-electron chi connectivity index (χ0n) is 9.13. The second kappa shape index (κ2) is 4.52. The fraction of sp³-hybridized carbons (Fsp3) is 0.778. The first-order valence-electron chi connectivity index (χ1n) is 5.04. The van der Waals surface area contributed by atoms with E-state index in [1.807, 2.05) is 0 Å². The van der Waals surface area contributed by atoms with Crippen LogP contribution in [0.5, 0.6) is 0 Å². The van der Waals surface area contributed by atoms with Crippen LogP contribution in [0.4, 0.5) is 13.2 Å². The zero-order chi connectivity index (χ0) is 13.3. The standard InChI is InChI=1S/C9H13F3N2O3/c1-2-17-7(16)5(13)6(15)14-8(3-4-8)9(10,11)12/h5H,2-4,13H2,1H3,(H,14,15). The van der Waals surface area contributed by atoms with Crippen LogP contribution in [-0.4, -0.2) is 36.2 Å². The van der Waals surface area contributed by atoms with Gasteiger partial charge in [0.25, 0.3) is 0 Å². The summed E-state index contributed by atoms with van der Waals surface area (Å²) in [5.74, 6) is -2.21. The number of esters is 1. The lowest BCUT2D eigenvalue weighted by molar-refractivity contribution is -0.172. The molecule has 5 nitrogen and oxygen atoms in total. The Morgan fingerprint density at radius 3 is 2.35 bits per heavy atom. The first kappa shape index (κ1) is 13.8. The third-order valence-corrected chi connectivity index (χ3v) is 2.48. The average molecular weight is 254 g/mol. The monoisotopic (exact) mass is 254 g/mol. The number of nitrogens with two attached hydrogens (primary N) is 1. The van der Waals surface area contributed by atoms with Gasteiger partial charge in [0.15, 0.2) is 6.04 Å². The summed E-state index contributed by atoms with van der Waals surface area (Å²) < 4.78 is 41.9. The van der Waals surface area contributed by atoms with E-state index in [2.05, 4.69) is 4.74 Å². The van der Waals surface area contributed by atoms with E-state index in [1.165, 1.54) is 6.92 Å². The first-order valence-corrected chi connectivity index (χ1v) is 5.04. The lowest BCUT2D eigenvalue weighted by Gasteiger charge is -2.22. The number of hydrogen-bond acceptors (Lipinski definition) is 4. The lowest BCUT2D eigenvalue weighted by Crippen LogP contribution is -2.55. The number of carbonyl (C=O) groups is 2. The normalized spacial score (nSPS) is 19.4. The minimum atomic E-state index is -4.53. The number of alkyl halides is 3. The molecule has 98 valence electrons. The van der Waals surface area contributed by atoms with Crippen molar-refractivity contribution < 1.29 is 27.5 Å². The van der Waals surface area contributed by atoms with Crippen molar-refractivity contribution in [3.63, 3.8) is 0 Å². The lowest BCUT2D eigenvalue weighted by atomic mass is 10.2. The molecule has 1 aliphatic carbocycles. The van der Waals surface area contributed by atoms with Crippen molar-refractivity contribution in [3.8, 4) is 0 Å². The van der Waals surface area contributed by atoms with Crippen LogP contribution in [0.3, 0.4) is 0 Å². The molecular weight excluding hydrogens is 241 g/mol. The molecule has 1 aliphatic rings. The summed E-state index contributed by atoms with van der Waals surface area (Å²) in [5.41, 5.74) is 2.96. The molecule has 0 radical (unpaired) electrons. The van der Waals surface area contributed by atoms with Gasteiger partial charge in [0.1, 0.15) is 5.54 Å². The summed E-state index contributed by atoms with van der Waals surface area (Å²) in [5, 5.41) is 1.76. The molecule has 17 heavy (non-hydrogen) atoms. The quantitative estimate of drug-likeness (QED) is 0.550. The molecule has 3 N–H and O–H groups in total. The third-order valence-electron chi connectivity index (χ3n) is 2.48. The number of hydrogen-bond donors (Lipinski definition) is 2. The molecule has 1 rings (SSSR count). The Balaban J connectivity index is 2.58. The molecule has 1 atom stereocenters. The van der Waals surface area contributed by atoms with Crippen LogP contribution in [0.1, 0.15) is 19.8 Å². The summed E-state index contributed by atoms with van der Waals surface area (Å²) in [6.45, 7) is 1.50. The van der Waals surface area contributed by atoms with Crippen LogP contribution in [0.25, 0.3) is 0 Å². The van der Waals surface area contributed by atoms with Gasteiger partial charge in [-0.2, -0.15) is 13.2 Å². The minimum absolute atomic E-state index is 0.00419. The van der Waals surface area contributed by atoms with Crippen LogP contribution in [0.2, 0.25) is 0 Å². The molecule has 0 aromatic rings. The second-order valence-electron chi connectivity index (χ2n) is 3.80. The van der Waals surface area contributed by atoms with E-state index in [0.717, 1.165) is 0 Å². The molecule has 1 saturated carbocycles. The van der Waals surface area contributed by atoms with Crippen molar-refractivity contribution >= 4 is 11.9 Å². The number of ether oxygens (including phenoxy) is 1. The summed E-state index contributed by atoms with van der Waals surface area (Å²) >= 11 is 0. The molecule has 8 heteroatoms. The van der Waals surface area contributed by atoms with Gasteiger partial charge in [-0.1, -0.05) is 0 Å². The van der Waals surface area contributed by atoms with E-state index in [0.29, 0.717) is 0 Å². The SMILES string of the molecule is CCOC(=O)C(N)C(=O)NC1(C(F)(F)F)CC1. The fourth-order valence-corrected chi connectivity index (χ4v) is 1.26. The van der Waals surface area contributed by atoms with Crippen molar-refractivity contribution in [2.45, 2.75) is 37.5 Å². The molecule has 0 aromatic carbocycles. The molecule has 1 unspecified atom stereocenters. The van der Waals surface area contributed by atoms with Crippen LogP contribution >= 0.6 is 0 Å². The Hall–Kier alpha value is -1.31. The van der Waals surface area contributed by atoms with E-state index >= 15 is 0 Å². The minimum Gasteiger partial charge on any atom is -0.464 e. The molecule has 0 aromatic heterocycles. The van der Waals surface area contributed by atoms with E-state index in [9.17, 15) is 22.8 Å². The molecular formula is C9H13F3N2O3. The van der Waals surface area contributed by atoms with Crippen LogP contribution in [-0.2, 0) is 14.3 Å². The highest BCUT2D eigenvalue weighted by Gasteiger charge is 2.64. The van der Waals surface area contributed by atoms with Crippen molar-refractivity contribution in [2.24, 2.45) is 5.73 Å². The largest absolute Gasteiger partial charge is 0.464 e. The molecule has 0 aliphatic heterocycles. The van der Waals surface area contributed by atoms with Gasteiger partial charge in [-0.25, -0.2) is 4.79 Å². The zero-order valence-corrected chi connectivity index (χ0v) is 9.13. The smallest absolute Gasteiger partial charge is 0.411 e. The molecule has 1 fully saturated rings. The van der Waals surface area contributed by atoms with Crippen LogP contribution in [0.15, 0.2) is 0 Å². The maximum absolute atomic E-state index is 12.5. The van der Waals surface area contributed by atoms with Gasteiger partial charge in [-0.05, 0) is 19.8 Å². The Kier molecular flexibility index (Phi) is 3.65. The summed E-state index contributed by atoms with van der Waals surface area (Å²) in [6.07, 6.45) is -4.92. The molecule has 0 saturated heterocycles. The number of rotatable bonds is 4. The van der Waals surface area contributed by atoms with Crippen LogP contribution < -0.4 is 11.1 Å². The predicted molar refractivity (Wildman–Crippen MR) is 50.8 cm³/mol. The maximum Gasteiger partial charge on any atom is 0.411 e. The Bertz CT molecular complexity index is 326. The van der Waals surface area contributed by atoms with Gasteiger partial charge in [0.2, 0.25) is 5.91 Å².